The highest BCUT2D eigenvalue weighted by molar-refractivity contribution is 5.42. The summed E-state index contributed by atoms with van der Waals surface area (Å²) in [4.78, 5) is 17.9. The minimum absolute atomic E-state index is 0.540. The smallest absolute Gasteiger partial charge is 0.212 e. The second kappa shape index (κ2) is 6.73. The number of methoxy groups -OCH3 is 1. The second-order valence-corrected chi connectivity index (χ2v) is 6.59. The summed E-state index contributed by atoms with van der Waals surface area (Å²) in [6.07, 6.45) is 9.15. The summed E-state index contributed by atoms with van der Waals surface area (Å²) in [7, 11) is 1.65. The summed E-state index contributed by atoms with van der Waals surface area (Å²) in [6, 6.07) is 7.27. The summed E-state index contributed by atoms with van der Waals surface area (Å²) in [5.74, 6) is 1.74. The Bertz CT molecular complexity index is 659. The van der Waals surface area contributed by atoms with Crippen LogP contribution in [0.2, 0.25) is 0 Å². The van der Waals surface area contributed by atoms with E-state index >= 15 is 0 Å². The molecule has 1 saturated carbocycles. The van der Waals surface area contributed by atoms with Crippen molar-refractivity contribution in [3.63, 3.8) is 0 Å². The minimum Gasteiger partial charge on any atom is -0.481 e. The van der Waals surface area contributed by atoms with E-state index in [1.165, 1.54) is 24.8 Å². The van der Waals surface area contributed by atoms with Crippen molar-refractivity contribution >= 4 is 5.82 Å². The molecule has 1 aliphatic heterocycles. The monoisotopic (exact) mass is 325 g/mol. The zero-order valence-corrected chi connectivity index (χ0v) is 14.0. The number of nitrogens with zero attached hydrogens (tertiary/aromatic N) is 5. The Kier molecular flexibility index (Phi) is 4.30. The highest BCUT2D eigenvalue weighted by Gasteiger charge is 2.37. The first kappa shape index (κ1) is 15.3. The molecule has 3 heterocycles. The third-order valence-corrected chi connectivity index (χ3v) is 4.82. The molecule has 2 aromatic rings. The first-order valence-electron chi connectivity index (χ1n) is 8.59. The molecule has 24 heavy (non-hydrogen) atoms. The van der Waals surface area contributed by atoms with E-state index < -0.39 is 0 Å². The predicted molar refractivity (Wildman–Crippen MR) is 92.0 cm³/mol. The molecule has 1 atom stereocenters. The molecule has 4 rings (SSSR count). The number of aromatic nitrogens is 3. The van der Waals surface area contributed by atoms with Gasteiger partial charge in [0.1, 0.15) is 12.1 Å². The number of hydrogen-bond donors (Lipinski definition) is 0. The molecule has 126 valence electrons. The Morgan fingerprint density at radius 1 is 1.17 bits per heavy atom. The molecule has 0 N–H and O–H groups in total. The maximum atomic E-state index is 5.13. The van der Waals surface area contributed by atoms with Crippen molar-refractivity contribution in [2.45, 2.75) is 37.9 Å². The van der Waals surface area contributed by atoms with Crippen molar-refractivity contribution in [1.29, 1.82) is 0 Å². The van der Waals surface area contributed by atoms with Crippen LogP contribution in [0, 0.1) is 0 Å². The molecule has 0 amide bonds. The van der Waals surface area contributed by atoms with E-state index in [-0.39, 0.29) is 0 Å². The largest absolute Gasteiger partial charge is 0.481 e. The van der Waals surface area contributed by atoms with Gasteiger partial charge in [0.25, 0.3) is 0 Å². The Morgan fingerprint density at radius 2 is 2.08 bits per heavy atom. The van der Waals surface area contributed by atoms with Gasteiger partial charge in [0.2, 0.25) is 5.88 Å². The standard InChI is InChI=1S/C18H23N5O/c1-24-18-5-2-14(10-20-18)11-22-9-7-16(12-22)23(15-3-4-15)17-6-8-19-13-21-17/h2,5-6,8,10,13,15-16H,3-4,7,9,11-12H2,1H3. The Balaban J connectivity index is 1.41. The fourth-order valence-corrected chi connectivity index (χ4v) is 3.53. The van der Waals surface area contributed by atoms with Gasteiger partial charge in [-0.25, -0.2) is 15.0 Å². The maximum absolute atomic E-state index is 5.13. The van der Waals surface area contributed by atoms with Crippen LogP contribution in [-0.4, -0.2) is 52.1 Å². The molecule has 6 heteroatoms. The molecule has 0 spiro atoms. The van der Waals surface area contributed by atoms with Crippen LogP contribution in [0.15, 0.2) is 36.9 Å². The maximum Gasteiger partial charge on any atom is 0.212 e. The lowest BCUT2D eigenvalue weighted by molar-refractivity contribution is 0.323. The second-order valence-electron chi connectivity index (χ2n) is 6.59. The number of pyridine rings is 1. The van der Waals surface area contributed by atoms with E-state index in [2.05, 4.69) is 30.8 Å². The number of ether oxygens (including phenoxy) is 1. The van der Waals surface area contributed by atoms with E-state index in [1.807, 2.05) is 24.5 Å². The normalized spacial score (nSPS) is 21.0. The van der Waals surface area contributed by atoms with Gasteiger partial charge in [-0.05, 0) is 30.9 Å². The van der Waals surface area contributed by atoms with Crippen molar-refractivity contribution in [3.05, 3.63) is 42.5 Å². The van der Waals surface area contributed by atoms with Gasteiger partial charge in [-0.3, -0.25) is 4.90 Å². The molecule has 1 saturated heterocycles. The van der Waals surface area contributed by atoms with Crippen LogP contribution in [0.3, 0.4) is 0 Å². The van der Waals surface area contributed by atoms with E-state index in [9.17, 15) is 0 Å². The Labute approximate surface area is 142 Å². The van der Waals surface area contributed by atoms with Gasteiger partial charge in [0.15, 0.2) is 0 Å². The zero-order chi connectivity index (χ0) is 16.4. The van der Waals surface area contributed by atoms with E-state index in [0.717, 1.165) is 25.5 Å². The van der Waals surface area contributed by atoms with Gasteiger partial charge in [-0.2, -0.15) is 0 Å². The van der Waals surface area contributed by atoms with Crippen LogP contribution in [0.5, 0.6) is 5.88 Å². The number of anilines is 1. The molecule has 2 aliphatic rings. The number of likely N-dealkylation sites (tertiary alicyclic amines) is 1. The van der Waals surface area contributed by atoms with Crippen molar-refractivity contribution in [2.24, 2.45) is 0 Å². The van der Waals surface area contributed by atoms with Gasteiger partial charge < -0.3 is 9.64 Å². The van der Waals surface area contributed by atoms with Crippen molar-refractivity contribution in [3.8, 4) is 5.88 Å². The van der Waals surface area contributed by atoms with E-state index in [1.54, 1.807) is 13.4 Å². The summed E-state index contributed by atoms with van der Waals surface area (Å²) in [5, 5.41) is 0. The van der Waals surface area contributed by atoms with Crippen LogP contribution in [0.1, 0.15) is 24.8 Å². The van der Waals surface area contributed by atoms with Crippen LogP contribution < -0.4 is 9.64 Å². The molecule has 1 aliphatic carbocycles. The van der Waals surface area contributed by atoms with Crippen molar-refractivity contribution < 1.29 is 4.74 Å². The molecule has 0 aromatic carbocycles. The molecule has 1 unspecified atom stereocenters. The summed E-state index contributed by atoms with van der Waals surface area (Å²) >= 11 is 0. The highest BCUT2D eigenvalue weighted by atomic mass is 16.5. The summed E-state index contributed by atoms with van der Waals surface area (Å²) in [5.41, 5.74) is 1.23. The Morgan fingerprint density at radius 3 is 2.75 bits per heavy atom. The summed E-state index contributed by atoms with van der Waals surface area (Å²) < 4.78 is 5.13. The average Bonchev–Trinajstić information content (AvgIpc) is 3.36. The first-order chi connectivity index (χ1) is 11.8. The van der Waals surface area contributed by atoms with Crippen LogP contribution in [0.4, 0.5) is 5.82 Å². The van der Waals surface area contributed by atoms with Gasteiger partial charge in [-0.1, -0.05) is 6.07 Å². The molecule has 2 aromatic heterocycles. The SMILES string of the molecule is COc1ccc(CN2CCC(N(c3ccncn3)C3CC3)C2)cn1. The quantitative estimate of drug-likeness (QED) is 0.811. The molecular weight excluding hydrogens is 302 g/mol. The molecule has 0 bridgehead atoms. The lowest BCUT2D eigenvalue weighted by atomic mass is 10.2. The third-order valence-electron chi connectivity index (χ3n) is 4.82. The topological polar surface area (TPSA) is 54.4 Å². The van der Waals surface area contributed by atoms with Gasteiger partial charge in [0, 0.05) is 50.2 Å². The van der Waals surface area contributed by atoms with Crippen LogP contribution in [0.25, 0.3) is 0 Å². The van der Waals surface area contributed by atoms with Crippen LogP contribution >= 0.6 is 0 Å². The van der Waals surface area contributed by atoms with Gasteiger partial charge >= 0.3 is 0 Å². The Hall–Kier alpha value is -2.21. The fourth-order valence-electron chi connectivity index (χ4n) is 3.53. The lowest BCUT2D eigenvalue weighted by Gasteiger charge is -2.30. The van der Waals surface area contributed by atoms with E-state index in [4.69, 9.17) is 4.74 Å². The number of hydrogen-bond acceptors (Lipinski definition) is 6. The van der Waals surface area contributed by atoms with Gasteiger partial charge in [0.05, 0.1) is 7.11 Å². The predicted octanol–water partition coefficient (Wildman–Crippen LogP) is 2.12. The molecule has 2 fully saturated rings. The lowest BCUT2D eigenvalue weighted by Crippen LogP contribution is -2.39. The summed E-state index contributed by atoms with van der Waals surface area (Å²) in [6.45, 7) is 3.13. The van der Waals surface area contributed by atoms with Gasteiger partial charge in [-0.15, -0.1) is 0 Å². The first-order valence-corrected chi connectivity index (χ1v) is 8.59. The highest BCUT2D eigenvalue weighted by Crippen LogP contribution is 2.34. The fraction of sp³-hybridized carbons (Fsp3) is 0.500. The zero-order valence-electron chi connectivity index (χ0n) is 14.0. The molecule has 0 radical (unpaired) electrons. The van der Waals surface area contributed by atoms with E-state index in [0.29, 0.717) is 18.0 Å². The third kappa shape index (κ3) is 3.33. The average molecular weight is 325 g/mol. The molecule has 6 nitrogen and oxygen atoms in total. The van der Waals surface area contributed by atoms with Crippen LogP contribution in [-0.2, 0) is 6.54 Å². The van der Waals surface area contributed by atoms with Crippen molar-refractivity contribution in [2.75, 3.05) is 25.1 Å². The molecular formula is C18H23N5O. The minimum atomic E-state index is 0.540. The van der Waals surface area contributed by atoms with Crippen molar-refractivity contribution in [1.82, 2.24) is 19.9 Å². The number of rotatable bonds is 6.